The molecule has 1 saturated heterocycles. The third-order valence-electron chi connectivity index (χ3n) is 5.33. The summed E-state index contributed by atoms with van der Waals surface area (Å²) in [6.45, 7) is 2.56. The lowest BCUT2D eigenvalue weighted by Gasteiger charge is -2.30. The number of nitrogens with one attached hydrogen (secondary N) is 2. The lowest BCUT2D eigenvalue weighted by atomic mass is 9.98. The number of benzene rings is 1. The van der Waals surface area contributed by atoms with Crippen molar-refractivity contribution in [3.05, 3.63) is 54.2 Å². The van der Waals surface area contributed by atoms with E-state index in [1.54, 1.807) is 18.3 Å². The Bertz CT molecular complexity index is 1100. The number of piperidine rings is 1. The molecule has 8 nitrogen and oxygen atoms in total. The average molecular weight is 429 g/mol. The van der Waals surface area contributed by atoms with Crippen LogP contribution < -0.4 is 5.32 Å². The van der Waals surface area contributed by atoms with Gasteiger partial charge in [-0.05, 0) is 55.2 Å². The number of furan rings is 1. The van der Waals surface area contributed by atoms with Crippen molar-refractivity contribution in [2.75, 3.05) is 18.4 Å². The Balaban J connectivity index is 1.45. The molecule has 0 unspecified atom stereocenters. The maximum Gasteiger partial charge on any atom is 0.276 e. The Kier molecular flexibility index (Phi) is 5.74. The molecule has 30 heavy (non-hydrogen) atoms. The minimum absolute atomic E-state index is 0.126. The number of carbonyl (C=O) groups excluding carboxylic acids is 1. The van der Waals surface area contributed by atoms with Gasteiger partial charge < -0.3 is 9.73 Å². The Morgan fingerprint density at radius 3 is 2.73 bits per heavy atom. The Morgan fingerprint density at radius 2 is 2.03 bits per heavy atom. The summed E-state index contributed by atoms with van der Waals surface area (Å²) in [6.07, 6.45) is 3.75. The fraction of sp³-hybridized carbons (Fsp3) is 0.333. The van der Waals surface area contributed by atoms with Gasteiger partial charge in [0, 0.05) is 25.0 Å². The largest absolute Gasteiger partial charge is 0.442 e. The number of H-pyrrole nitrogens is 1. The smallest absolute Gasteiger partial charge is 0.276 e. The molecule has 2 N–H and O–H groups in total. The molecule has 1 aliphatic rings. The van der Waals surface area contributed by atoms with Crippen LogP contribution >= 0.6 is 0 Å². The van der Waals surface area contributed by atoms with E-state index in [4.69, 9.17) is 4.42 Å². The van der Waals surface area contributed by atoms with Gasteiger partial charge in [-0.25, -0.2) is 8.42 Å². The van der Waals surface area contributed by atoms with E-state index >= 15 is 0 Å². The Hall–Kier alpha value is -2.91. The van der Waals surface area contributed by atoms with Gasteiger partial charge in [-0.1, -0.05) is 19.1 Å². The van der Waals surface area contributed by atoms with Crippen molar-refractivity contribution in [1.82, 2.24) is 14.5 Å². The zero-order valence-corrected chi connectivity index (χ0v) is 17.5. The number of nitrogens with zero attached hydrogens (tertiary/aromatic N) is 2. The van der Waals surface area contributed by atoms with Crippen molar-refractivity contribution in [1.29, 1.82) is 0 Å². The van der Waals surface area contributed by atoms with Crippen molar-refractivity contribution in [3.8, 4) is 11.5 Å². The topological polar surface area (TPSA) is 108 Å². The molecular weight excluding hydrogens is 404 g/mol. The normalized spacial score (nSPS) is 17.7. The monoisotopic (exact) mass is 428 g/mol. The van der Waals surface area contributed by atoms with Crippen molar-refractivity contribution in [2.24, 2.45) is 5.92 Å². The third kappa shape index (κ3) is 4.17. The minimum atomic E-state index is -3.83. The van der Waals surface area contributed by atoms with Gasteiger partial charge in [0.1, 0.15) is 5.69 Å². The summed E-state index contributed by atoms with van der Waals surface area (Å²) in [6, 6.07) is 12.4. The summed E-state index contributed by atoms with van der Waals surface area (Å²) in [4.78, 5) is 12.7. The number of aromatic amines is 1. The van der Waals surface area contributed by atoms with Crippen molar-refractivity contribution < 1.29 is 17.6 Å². The molecule has 3 heterocycles. The number of hydrogen-bond donors (Lipinski definition) is 2. The van der Waals surface area contributed by atoms with Gasteiger partial charge in [-0.15, -0.1) is 0 Å². The van der Waals surface area contributed by atoms with E-state index in [-0.39, 0.29) is 17.5 Å². The number of rotatable bonds is 6. The summed E-state index contributed by atoms with van der Waals surface area (Å²) in [5, 5.41) is 9.36. The number of hydrogen-bond acceptors (Lipinski definition) is 5. The van der Waals surface area contributed by atoms with Gasteiger partial charge in [0.2, 0.25) is 11.0 Å². The van der Waals surface area contributed by atoms with Gasteiger partial charge in [0.15, 0.2) is 5.76 Å². The van der Waals surface area contributed by atoms with E-state index in [1.807, 2.05) is 24.3 Å². The standard InChI is InChI=1S/C21H24N4O4S/c1-2-15-5-7-17(8-6-15)23-21(26)16-4-3-13-25(14-16)30(27,28)20-10-9-19(29-20)18-11-12-22-24-18/h5-12,16H,2-4,13-14H2,1H3,(H,22,24)(H,23,26)/t16-/m0/s1. The molecule has 1 atom stereocenters. The van der Waals surface area contributed by atoms with Gasteiger partial charge in [0.25, 0.3) is 10.0 Å². The highest BCUT2D eigenvalue weighted by Gasteiger charge is 2.35. The van der Waals surface area contributed by atoms with E-state index in [1.165, 1.54) is 15.9 Å². The molecule has 2 aromatic heterocycles. The average Bonchev–Trinajstić information content (AvgIpc) is 3.46. The Morgan fingerprint density at radius 1 is 1.23 bits per heavy atom. The molecule has 4 rings (SSSR count). The van der Waals surface area contributed by atoms with Crippen LogP contribution in [0.3, 0.4) is 0 Å². The number of amides is 1. The fourth-order valence-electron chi connectivity index (χ4n) is 3.57. The summed E-state index contributed by atoms with van der Waals surface area (Å²) >= 11 is 0. The predicted octanol–water partition coefficient (Wildman–Crippen LogP) is 3.27. The number of carbonyl (C=O) groups is 1. The second kappa shape index (κ2) is 8.45. The molecule has 1 amide bonds. The van der Waals surface area contributed by atoms with Crippen LogP contribution in [0.5, 0.6) is 0 Å². The molecular formula is C21H24N4O4S. The molecule has 0 aliphatic carbocycles. The minimum Gasteiger partial charge on any atom is -0.442 e. The van der Waals surface area contributed by atoms with Crippen LogP contribution in [0.1, 0.15) is 25.3 Å². The highest BCUT2D eigenvalue weighted by molar-refractivity contribution is 7.89. The van der Waals surface area contributed by atoms with Crippen LogP contribution in [0, 0.1) is 5.92 Å². The zero-order chi connectivity index (χ0) is 21.1. The lowest BCUT2D eigenvalue weighted by Crippen LogP contribution is -2.43. The summed E-state index contributed by atoms with van der Waals surface area (Å²) in [5.41, 5.74) is 2.50. The summed E-state index contributed by atoms with van der Waals surface area (Å²) in [7, 11) is -3.83. The third-order valence-corrected chi connectivity index (χ3v) is 7.07. The second-order valence-electron chi connectivity index (χ2n) is 7.33. The highest BCUT2D eigenvalue weighted by Crippen LogP contribution is 2.28. The highest BCUT2D eigenvalue weighted by atomic mass is 32.2. The van der Waals surface area contributed by atoms with Crippen LogP contribution in [-0.2, 0) is 21.2 Å². The van der Waals surface area contributed by atoms with Crippen LogP contribution in [0.15, 0.2) is 58.2 Å². The first-order valence-corrected chi connectivity index (χ1v) is 11.4. The lowest BCUT2D eigenvalue weighted by molar-refractivity contribution is -0.120. The summed E-state index contributed by atoms with van der Waals surface area (Å²) < 4.78 is 33.0. The first-order valence-electron chi connectivity index (χ1n) is 9.97. The molecule has 1 fully saturated rings. The molecule has 9 heteroatoms. The number of aromatic nitrogens is 2. The van der Waals surface area contributed by atoms with E-state index in [0.717, 1.165) is 6.42 Å². The maximum atomic E-state index is 13.0. The molecule has 3 aromatic rings. The molecule has 0 radical (unpaired) electrons. The molecule has 0 spiro atoms. The van der Waals surface area contributed by atoms with Gasteiger partial charge in [-0.2, -0.15) is 9.40 Å². The zero-order valence-electron chi connectivity index (χ0n) is 16.7. The van der Waals surface area contributed by atoms with Crippen LogP contribution in [0.2, 0.25) is 0 Å². The van der Waals surface area contributed by atoms with E-state index < -0.39 is 15.9 Å². The number of aryl methyl sites for hydroxylation is 1. The SMILES string of the molecule is CCc1ccc(NC(=O)[C@H]2CCCN(S(=O)(=O)c3ccc(-c4ccn[nH]4)o3)C2)cc1. The Labute approximate surface area is 175 Å². The number of sulfonamides is 1. The van der Waals surface area contributed by atoms with Crippen molar-refractivity contribution >= 4 is 21.6 Å². The van der Waals surface area contributed by atoms with Gasteiger partial charge >= 0.3 is 0 Å². The number of anilines is 1. The molecule has 0 saturated carbocycles. The quantitative estimate of drug-likeness (QED) is 0.626. The molecule has 158 valence electrons. The van der Waals surface area contributed by atoms with Crippen molar-refractivity contribution in [2.45, 2.75) is 31.3 Å². The van der Waals surface area contributed by atoms with E-state index in [0.29, 0.717) is 36.5 Å². The predicted molar refractivity (Wildman–Crippen MR) is 112 cm³/mol. The van der Waals surface area contributed by atoms with E-state index in [9.17, 15) is 13.2 Å². The van der Waals surface area contributed by atoms with Crippen LogP contribution in [0.4, 0.5) is 5.69 Å². The van der Waals surface area contributed by atoms with Crippen molar-refractivity contribution in [3.63, 3.8) is 0 Å². The maximum absolute atomic E-state index is 13.0. The van der Waals surface area contributed by atoms with Gasteiger partial charge in [-0.3, -0.25) is 9.89 Å². The van der Waals surface area contributed by atoms with Crippen LogP contribution in [-0.4, -0.2) is 41.9 Å². The first-order chi connectivity index (χ1) is 14.5. The first kappa shape index (κ1) is 20.4. The van der Waals surface area contributed by atoms with E-state index in [2.05, 4.69) is 22.4 Å². The molecule has 0 bridgehead atoms. The van der Waals surface area contributed by atoms with Crippen LogP contribution in [0.25, 0.3) is 11.5 Å². The van der Waals surface area contributed by atoms with Gasteiger partial charge in [0.05, 0.1) is 5.92 Å². The summed E-state index contributed by atoms with van der Waals surface area (Å²) in [5.74, 6) is -0.189. The molecule has 1 aromatic carbocycles. The fourth-order valence-corrected chi connectivity index (χ4v) is 5.00. The molecule has 1 aliphatic heterocycles. The second-order valence-corrected chi connectivity index (χ2v) is 9.20.